The summed E-state index contributed by atoms with van der Waals surface area (Å²) in [5.74, 6) is -0.586. The zero-order chi connectivity index (χ0) is 22.9. The van der Waals surface area contributed by atoms with Gasteiger partial charge in [-0.2, -0.15) is 0 Å². The van der Waals surface area contributed by atoms with E-state index < -0.39 is 28.6 Å². The van der Waals surface area contributed by atoms with E-state index >= 15 is 0 Å². The summed E-state index contributed by atoms with van der Waals surface area (Å²) in [4.78, 5) is 35.6. The maximum Gasteiger partial charge on any atom is 0.408 e. The molecular weight excluding hydrogens is 400 g/mol. The third-order valence-electron chi connectivity index (χ3n) is 4.33. The average Bonchev–Trinajstić information content (AvgIpc) is 2.71. The molecule has 0 radical (unpaired) electrons. The number of benzene rings is 2. The molecule has 2 aromatic carbocycles. The van der Waals surface area contributed by atoms with Crippen molar-refractivity contribution < 1.29 is 24.0 Å². The molecular formula is C23H28N2O6. The number of alkyl carbamates (subject to hydrolysis) is 1. The van der Waals surface area contributed by atoms with Crippen molar-refractivity contribution in [2.24, 2.45) is 0 Å². The number of amides is 1. The predicted octanol–water partition coefficient (Wildman–Crippen LogP) is 4.55. The van der Waals surface area contributed by atoms with Crippen LogP contribution >= 0.6 is 0 Å². The Morgan fingerprint density at radius 2 is 1.71 bits per heavy atom. The minimum absolute atomic E-state index is 0.0332. The van der Waals surface area contributed by atoms with Crippen LogP contribution in [0.3, 0.4) is 0 Å². The van der Waals surface area contributed by atoms with E-state index in [0.29, 0.717) is 18.4 Å². The number of rotatable bonds is 9. The first-order chi connectivity index (χ1) is 14.7. The van der Waals surface area contributed by atoms with Crippen molar-refractivity contribution in [3.63, 3.8) is 0 Å². The molecule has 2 aromatic rings. The molecule has 166 valence electrons. The largest absolute Gasteiger partial charge is 0.459 e. The van der Waals surface area contributed by atoms with Gasteiger partial charge in [-0.15, -0.1) is 0 Å². The fraction of sp³-hybridized carbons (Fsp3) is 0.391. The van der Waals surface area contributed by atoms with Crippen LogP contribution < -0.4 is 5.32 Å². The number of aryl methyl sites for hydroxylation is 1. The van der Waals surface area contributed by atoms with Gasteiger partial charge in [0.2, 0.25) is 0 Å². The molecule has 1 N–H and O–H groups in total. The van der Waals surface area contributed by atoms with Gasteiger partial charge >= 0.3 is 12.1 Å². The number of ether oxygens (including phenoxy) is 2. The number of carbonyl (C=O) groups is 2. The van der Waals surface area contributed by atoms with Crippen LogP contribution in [0.5, 0.6) is 0 Å². The van der Waals surface area contributed by atoms with Gasteiger partial charge in [0.25, 0.3) is 5.69 Å². The number of hydrogen-bond acceptors (Lipinski definition) is 6. The Kier molecular flexibility index (Phi) is 8.54. The lowest BCUT2D eigenvalue weighted by molar-refractivity contribution is -0.385. The van der Waals surface area contributed by atoms with Crippen molar-refractivity contribution in [2.75, 3.05) is 0 Å². The van der Waals surface area contributed by atoms with E-state index in [9.17, 15) is 19.7 Å². The highest BCUT2D eigenvalue weighted by molar-refractivity contribution is 5.81. The van der Waals surface area contributed by atoms with Crippen LogP contribution in [0.25, 0.3) is 0 Å². The number of nitro groups is 1. The Hall–Kier alpha value is -3.42. The van der Waals surface area contributed by atoms with Crippen LogP contribution in [0.2, 0.25) is 0 Å². The van der Waals surface area contributed by atoms with Crippen LogP contribution in [0, 0.1) is 10.1 Å². The Balaban J connectivity index is 2.01. The molecule has 0 aliphatic heterocycles. The number of nitro benzene ring substituents is 1. The summed E-state index contributed by atoms with van der Waals surface area (Å²) in [6.45, 7) is 5.26. The van der Waals surface area contributed by atoms with Gasteiger partial charge in [-0.25, -0.2) is 9.59 Å². The van der Waals surface area contributed by atoms with Crippen molar-refractivity contribution in [1.82, 2.24) is 5.32 Å². The highest BCUT2D eigenvalue weighted by Gasteiger charge is 2.26. The molecule has 0 aromatic heterocycles. The monoisotopic (exact) mass is 428 g/mol. The van der Waals surface area contributed by atoms with Crippen LogP contribution in [0.1, 0.15) is 44.7 Å². The minimum atomic E-state index is -0.929. The lowest BCUT2D eigenvalue weighted by atomic mass is 10.0. The van der Waals surface area contributed by atoms with Gasteiger partial charge in [0.05, 0.1) is 4.92 Å². The van der Waals surface area contributed by atoms with Crippen molar-refractivity contribution in [1.29, 1.82) is 0 Å². The first kappa shape index (κ1) is 23.9. The van der Waals surface area contributed by atoms with Crippen LogP contribution in [0.4, 0.5) is 10.5 Å². The van der Waals surface area contributed by atoms with E-state index in [-0.39, 0.29) is 18.7 Å². The van der Waals surface area contributed by atoms with Crippen LogP contribution in [0.15, 0.2) is 54.6 Å². The van der Waals surface area contributed by atoms with Crippen molar-refractivity contribution >= 4 is 17.7 Å². The number of nitrogens with zero attached hydrogens (tertiary/aromatic N) is 1. The molecule has 1 amide bonds. The van der Waals surface area contributed by atoms with Crippen LogP contribution in [-0.2, 0) is 27.3 Å². The van der Waals surface area contributed by atoms with E-state index in [1.54, 1.807) is 39.0 Å². The van der Waals surface area contributed by atoms with Crippen molar-refractivity contribution in [2.45, 2.75) is 58.3 Å². The Morgan fingerprint density at radius 3 is 2.35 bits per heavy atom. The third-order valence-corrected chi connectivity index (χ3v) is 4.33. The summed E-state index contributed by atoms with van der Waals surface area (Å²) in [5.41, 5.74) is 0.714. The van der Waals surface area contributed by atoms with Crippen LogP contribution in [-0.4, -0.2) is 28.6 Å². The summed E-state index contributed by atoms with van der Waals surface area (Å²) in [7, 11) is 0. The molecule has 0 saturated heterocycles. The fourth-order valence-electron chi connectivity index (χ4n) is 2.93. The molecule has 2 rings (SSSR count). The summed E-state index contributed by atoms with van der Waals surface area (Å²) in [6.07, 6.45) is 0.347. The zero-order valence-corrected chi connectivity index (χ0v) is 18.0. The molecule has 31 heavy (non-hydrogen) atoms. The van der Waals surface area contributed by atoms with Gasteiger partial charge in [0, 0.05) is 11.6 Å². The van der Waals surface area contributed by atoms with Gasteiger partial charge in [-0.1, -0.05) is 48.5 Å². The second-order valence-electron chi connectivity index (χ2n) is 8.07. The molecule has 0 saturated carbocycles. The molecule has 0 aliphatic carbocycles. The minimum Gasteiger partial charge on any atom is -0.459 e. The predicted molar refractivity (Wildman–Crippen MR) is 115 cm³/mol. The first-order valence-electron chi connectivity index (χ1n) is 10.1. The maximum absolute atomic E-state index is 12.6. The van der Waals surface area contributed by atoms with Gasteiger partial charge < -0.3 is 14.8 Å². The number of carbonyl (C=O) groups excluding carboxylic acids is 2. The average molecular weight is 428 g/mol. The molecule has 0 fully saturated rings. The smallest absolute Gasteiger partial charge is 0.408 e. The van der Waals surface area contributed by atoms with E-state index in [0.717, 1.165) is 5.56 Å². The van der Waals surface area contributed by atoms with Crippen molar-refractivity contribution in [3.05, 3.63) is 75.8 Å². The molecule has 0 aliphatic rings. The normalized spacial score (nSPS) is 12.0. The molecule has 0 heterocycles. The topological polar surface area (TPSA) is 108 Å². The van der Waals surface area contributed by atoms with Gasteiger partial charge in [0.15, 0.2) is 0 Å². The number of esters is 1. The van der Waals surface area contributed by atoms with E-state index in [1.165, 1.54) is 6.07 Å². The lowest BCUT2D eigenvalue weighted by Crippen LogP contribution is -2.44. The summed E-state index contributed by atoms with van der Waals surface area (Å²) >= 11 is 0. The highest BCUT2D eigenvalue weighted by Crippen LogP contribution is 2.20. The molecule has 0 bridgehead atoms. The van der Waals surface area contributed by atoms with E-state index in [4.69, 9.17) is 9.47 Å². The number of hydrogen-bond donors (Lipinski definition) is 1. The Bertz CT molecular complexity index is 892. The summed E-state index contributed by atoms with van der Waals surface area (Å²) in [5, 5.41) is 13.7. The second-order valence-corrected chi connectivity index (χ2v) is 8.07. The van der Waals surface area contributed by atoms with E-state index in [1.807, 2.05) is 30.3 Å². The highest BCUT2D eigenvalue weighted by atomic mass is 16.6. The molecule has 0 unspecified atom stereocenters. The number of para-hydroxylation sites is 1. The molecule has 8 nitrogen and oxygen atoms in total. The Morgan fingerprint density at radius 1 is 1.06 bits per heavy atom. The van der Waals surface area contributed by atoms with Crippen molar-refractivity contribution in [3.8, 4) is 0 Å². The van der Waals surface area contributed by atoms with Gasteiger partial charge in [0.1, 0.15) is 18.2 Å². The van der Waals surface area contributed by atoms with Gasteiger partial charge in [-0.05, 0) is 45.6 Å². The second kappa shape index (κ2) is 11.1. The fourth-order valence-corrected chi connectivity index (χ4v) is 2.93. The van der Waals surface area contributed by atoms with Gasteiger partial charge in [-0.3, -0.25) is 10.1 Å². The quantitative estimate of drug-likeness (QED) is 0.356. The first-order valence-corrected chi connectivity index (χ1v) is 10.1. The maximum atomic E-state index is 12.6. The molecule has 1 atom stereocenters. The standard InChI is InChI=1S/C23H28N2O6/c1-23(2,3)31-22(27)24-19(21(26)30-16-17-10-5-4-6-11-17)14-9-13-18-12-7-8-15-20(18)25(28)29/h4-8,10-12,15,19H,9,13-14,16H2,1-3H3,(H,24,27)/t19-/m0/s1. The summed E-state index contributed by atoms with van der Waals surface area (Å²) in [6, 6.07) is 14.7. The lowest BCUT2D eigenvalue weighted by Gasteiger charge is -2.23. The summed E-state index contributed by atoms with van der Waals surface area (Å²) < 4.78 is 10.6. The number of nitrogens with one attached hydrogen (secondary N) is 1. The van der Waals surface area contributed by atoms with E-state index in [2.05, 4.69) is 5.32 Å². The third kappa shape index (κ3) is 8.46. The molecule has 0 spiro atoms. The Labute approximate surface area is 181 Å². The SMILES string of the molecule is CC(C)(C)OC(=O)N[C@@H](CCCc1ccccc1[N+](=O)[O-])C(=O)OCc1ccccc1. The molecule has 8 heteroatoms. The zero-order valence-electron chi connectivity index (χ0n) is 18.0.